The number of hydrogen-bond donors (Lipinski definition) is 1. The Bertz CT molecular complexity index is 828. The Kier molecular flexibility index (Phi) is 5.93. The van der Waals surface area contributed by atoms with Crippen LogP contribution >= 0.6 is 11.6 Å². The molecule has 2 aromatic rings. The van der Waals surface area contributed by atoms with E-state index in [-0.39, 0.29) is 29.4 Å². The number of rotatable bonds is 7. The van der Waals surface area contributed by atoms with Gasteiger partial charge in [-0.3, -0.25) is 4.79 Å². The van der Waals surface area contributed by atoms with Gasteiger partial charge in [-0.25, -0.2) is 12.8 Å². The first-order chi connectivity index (χ1) is 11.3. The van der Waals surface area contributed by atoms with Crippen molar-refractivity contribution in [1.29, 1.82) is 0 Å². The van der Waals surface area contributed by atoms with Gasteiger partial charge in [-0.1, -0.05) is 41.9 Å². The van der Waals surface area contributed by atoms with E-state index >= 15 is 0 Å². The molecule has 0 aliphatic carbocycles. The quantitative estimate of drug-likeness (QED) is 0.813. The van der Waals surface area contributed by atoms with E-state index in [1.165, 1.54) is 0 Å². The molecule has 0 unspecified atom stereocenters. The minimum Gasteiger partial charge on any atom is -0.370 e. The van der Waals surface area contributed by atoms with Crippen LogP contribution in [-0.2, 0) is 21.4 Å². The van der Waals surface area contributed by atoms with Gasteiger partial charge < -0.3 is 5.73 Å². The highest BCUT2D eigenvalue weighted by molar-refractivity contribution is 7.89. The van der Waals surface area contributed by atoms with Crippen LogP contribution in [0.4, 0.5) is 4.39 Å². The SMILES string of the molecule is NC(=O)CCN(Cc1ccccc1)S(=O)(=O)c1ccc(F)c(Cl)c1. The summed E-state index contributed by atoms with van der Waals surface area (Å²) >= 11 is 5.68. The summed E-state index contributed by atoms with van der Waals surface area (Å²) in [7, 11) is -3.96. The lowest BCUT2D eigenvalue weighted by atomic mass is 10.2. The molecule has 0 fully saturated rings. The highest BCUT2D eigenvalue weighted by Crippen LogP contribution is 2.23. The molecule has 0 saturated carbocycles. The summed E-state index contributed by atoms with van der Waals surface area (Å²) < 4.78 is 40.0. The molecule has 2 aromatic carbocycles. The Morgan fingerprint density at radius 3 is 2.42 bits per heavy atom. The normalized spacial score (nSPS) is 11.6. The Labute approximate surface area is 144 Å². The maximum absolute atomic E-state index is 13.3. The highest BCUT2D eigenvalue weighted by atomic mass is 35.5. The van der Waals surface area contributed by atoms with E-state index < -0.39 is 21.7 Å². The average molecular weight is 371 g/mol. The summed E-state index contributed by atoms with van der Waals surface area (Å²) in [6, 6.07) is 12.1. The molecular formula is C16H16ClFN2O3S. The summed E-state index contributed by atoms with van der Waals surface area (Å²) in [5.41, 5.74) is 5.88. The van der Waals surface area contributed by atoms with Crippen LogP contribution in [0.3, 0.4) is 0 Å². The maximum atomic E-state index is 13.3. The average Bonchev–Trinajstić information content (AvgIpc) is 2.54. The number of halogens is 2. The van der Waals surface area contributed by atoms with E-state index in [4.69, 9.17) is 17.3 Å². The van der Waals surface area contributed by atoms with Crippen LogP contribution in [0.25, 0.3) is 0 Å². The molecule has 2 N–H and O–H groups in total. The van der Waals surface area contributed by atoms with E-state index in [0.29, 0.717) is 0 Å². The summed E-state index contributed by atoms with van der Waals surface area (Å²) in [5.74, 6) is -1.32. The fourth-order valence-corrected chi connectivity index (χ4v) is 3.79. The fraction of sp³-hybridized carbons (Fsp3) is 0.188. The summed E-state index contributed by atoms with van der Waals surface area (Å²) in [6.45, 7) is -0.0208. The van der Waals surface area contributed by atoms with Gasteiger partial charge in [-0.15, -0.1) is 0 Å². The largest absolute Gasteiger partial charge is 0.370 e. The lowest BCUT2D eigenvalue weighted by Crippen LogP contribution is -2.33. The van der Waals surface area contributed by atoms with E-state index in [9.17, 15) is 17.6 Å². The molecule has 128 valence electrons. The molecule has 0 aliphatic rings. The van der Waals surface area contributed by atoms with Crippen LogP contribution in [0.5, 0.6) is 0 Å². The fourth-order valence-electron chi connectivity index (χ4n) is 2.09. The van der Waals surface area contributed by atoms with Gasteiger partial charge in [0.2, 0.25) is 15.9 Å². The van der Waals surface area contributed by atoms with E-state index in [1.54, 1.807) is 24.3 Å². The number of amides is 1. The second-order valence-corrected chi connectivity index (χ2v) is 7.46. The second-order valence-electron chi connectivity index (χ2n) is 5.12. The molecule has 0 bridgehead atoms. The third-order valence-electron chi connectivity index (χ3n) is 3.34. The molecule has 0 aliphatic heterocycles. The predicted molar refractivity (Wildman–Crippen MR) is 89.3 cm³/mol. The van der Waals surface area contributed by atoms with Gasteiger partial charge in [0.05, 0.1) is 9.92 Å². The van der Waals surface area contributed by atoms with Gasteiger partial charge in [0, 0.05) is 19.5 Å². The van der Waals surface area contributed by atoms with Crippen LogP contribution in [-0.4, -0.2) is 25.2 Å². The molecule has 0 saturated heterocycles. The molecular weight excluding hydrogens is 355 g/mol. The molecule has 0 atom stereocenters. The topological polar surface area (TPSA) is 80.5 Å². The second kappa shape index (κ2) is 7.74. The Morgan fingerprint density at radius 2 is 1.83 bits per heavy atom. The van der Waals surface area contributed by atoms with Crippen molar-refractivity contribution in [3.63, 3.8) is 0 Å². The van der Waals surface area contributed by atoms with Gasteiger partial charge >= 0.3 is 0 Å². The first-order valence-corrected chi connectivity index (χ1v) is 8.90. The van der Waals surface area contributed by atoms with E-state index in [2.05, 4.69) is 0 Å². The standard InChI is InChI=1S/C16H16ClFN2O3S/c17-14-10-13(6-7-15(14)18)24(22,23)20(9-8-16(19)21)11-12-4-2-1-3-5-12/h1-7,10H,8-9,11H2,(H2,19,21). The van der Waals surface area contributed by atoms with Crippen LogP contribution in [0, 0.1) is 5.82 Å². The highest BCUT2D eigenvalue weighted by Gasteiger charge is 2.25. The minimum atomic E-state index is -3.96. The number of hydrogen-bond acceptors (Lipinski definition) is 3. The monoisotopic (exact) mass is 370 g/mol. The number of primary amides is 1. The summed E-state index contributed by atoms with van der Waals surface area (Å²) in [4.78, 5) is 10.9. The van der Waals surface area contributed by atoms with Crippen LogP contribution < -0.4 is 5.73 Å². The van der Waals surface area contributed by atoms with Crippen LogP contribution in [0.1, 0.15) is 12.0 Å². The van der Waals surface area contributed by atoms with Crippen LogP contribution in [0.15, 0.2) is 53.4 Å². The lowest BCUT2D eigenvalue weighted by molar-refractivity contribution is -0.118. The number of nitrogens with zero attached hydrogens (tertiary/aromatic N) is 1. The zero-order valence-corrected chi connectivity index (χ0v) is 14.2. The molecule has 0 radical (unpaired) electrons. The molecule has 0 aromatic heterocycles. The smallest absolute Gasteiger partial charge is 0.243 e. The third kappa shape index (κ3) is 4.53. The van der Waals surface area contributed by atoms with E-state index in [1.807, 2.05) is 6.07 Å². The van der Waals surface area contributed by atoms with Crippen molar-refractivity contribution in [2.75, 3.05) is 6.54 Å². The van der Waals surface area contributed by atoms with Crippen molar-refractivity contribution in [2.24, 2.45) is 5.73 Å². The van der Waals surface area contributed by atoms with Crippen molar-refractivity contribution in [1.82, 2.24) is 4.31 Å². The van der Waals surface area contributed by atoms with Gasteiger partial charge in [-0.05, 0) is 23.8 Å². The lowest BCUT2D eigenvalue weighted by Gasteiger charge is -2.22. The van der Waals surface area contributed by atoms with Crippen molar-refractivity contribution in [3.05, 3.63) is 64.9 Å². The van der Waals surface area contributed by atoms with Gasteiger partial charge in [0.25, 0.3) is 0 Å². The van der Waals surface area contributed by atoms with Crippen molar-refractivity contribution in [3.8, 4) is 0 Å². The summed E-state index contributed by atoms with van der Waals surface area (Å²) in [5, 5.41) is -0.286. The Balaban J connectivity index is 2.36. The zero-order chi connectivity index (χ0) is 17.7. The Morgan fingerprint density at radius 1 is 1.17 bits per heavy atom. The van der Waals surface area contributed by atoms with Crippen molar-refractivity contribution in [2.45, 2.75) is 17.9 Å². The van der Waals surface area contributed by atoms with E-state index in [0.717, 1.165) is 28.1 Å². The molecule has 0 heterocycles. The number of carbonyl (C=O) groups excluding carboxylic acids is 1. The third-order valence-corrected chi connectivity index (χ3v) is 5.47. The van der Waals surface area contributed by atoms with Gasteiger partial charge in [-0.2, -0.15) is 4.31 Å². The molecule has 8 heteroatoms. The van der Waals surface area contributed by atoms with Crippen LogP contribution in [0.2, 0.25) is 5.02 Å². The van der Waals surface area contributed by atoms with Crippen molar-refractivity contribution < 1.29 is 17.6 Å². The number of nitrogens with two attached hydrogens (primary N) is 1. The molecule has 0 spiro atoms. The molecule has 1 amide bonds. The summed E-state index contributed by atoms with van der Waals surface area (Å²) in [6.07, 6.45) is -0.124. The first kappa shape index (κ1) is 18.4. The zero-order valence-electron chi connectivity index (χ0n) is 12.7. The van der Waals surface area contributed by atoms with Gasteiger partial charge in [0.15, 0.2) is 0 Å². The first-order valence-electron chi connectivity index (χ1n) is 7.08. The number of carbonyl (C=O) groups is 1. The molecule has 2 rings (SSSR count). The molecule has 5 nitrogen and oxygen atoms in total. The Hall–Kier alpha value is -1.96. The minimum absolute atomic E-state index is 0.0610. The number of sulfonamides is 1. The van der Waals surface area contributed by atoms with Gasteiger partial charge in [0.1, 0.15) is 5.82 Å². The van der Waals surface area contributed by atoms with Crippen molar-refractivity contribution >= 4 is 27.5 Å². The predicted octanol–water partition coefficient (Wildman–Crippen LogP) is 2.55. The maximum Gasteiger partial charge on any atom is 0.243 e. The molecule has 24 heavy (non-hydrogen) atoms. The number of benzene rings is 2.